The molecule has 3 aliphatic heterocycles. The van der Waals surface area contributed by atoms with Gasteiger partial charge in [0.1, 0.15) is 5.75 Å². The molecular formula is C35H41N3O7Si. The first-order valence-corrected chi connectivity index (χ1v) is 18.7. The number of hydrogen-bond donors (Lipinski definition) is 3. The summed E-state index contributed by atoms with van der Waals surface area (Å²) in [6, 6.07) is 19.6. The quantitative estimate of drug-likeness (QED) is 0.332. The van der Waals surface area contributed by atoms with E-state index in [4.69, 9.17) is 9.47 Å². The van der Waals surface area contributed by atoms with Crippen molar-refractivity contribution in [2.45, 2.75) is 62.7 Å². The van der Waals surface area contributed by atoms with Crippen molar-refractivity contribution in [2.75, 3.05) is 31.0 Å². The fourth-order valence-corrected chi connectivity index (χ4v) is 10.3. The van der Waals surface area contributed by atoms with Crippen LogP contribution in [0, 0.1) is 5.92 Å². The van der Waals surface area contributed by atoms with Crippen molar-refractivity contribution in [2.24, 2.45) is 5.92 Å². The summed E-state index contributed by atoms with van der Waals surface area (Å²) in [6.07, 6.45) is -0.214. The first-order valence-electron chi connectivity index (χ1n) is 15.6. The molecular weight excluding hydrogens is 602 g/mol. The Morgan fingerprint density at radius 2 is 1.78 bits per heavy atom. The zero-order chi connectivity index (χ0) is 33.0. The van der Waals surface area contributed by atoms with Gasteiger partial charge in [0.15, 0.2) is 13.9 Å². The molecule has 3 aromatic rings. The molecule has 1 fully saturated rings. The number of amides is 3. The van der Waals surface area contributed by atoms with Crippen molar-refractivity contribution in [1.82, 2.24) is 4.90 Å². The van der Waals surface area contributed by atoms with E-state index in [0.717, 1.165) is 11.1 Å². The zero-order valence-corrected chi connectivity index (χ0v) is 27.8. The van der Waals surface area contributed by atoms with Crippen LogP contribution in [0.25, 0.3) is 0 Å². The largest absolute Gasteiger partial charge is 0.497 e. The van der Waals surface area contributed by atoms with Gasteiger partial charge in [0.2, 0.25) is 5.91 Å². The molecule has 0 aromatic heterocycles. The van der Waals surface area contributed by atoms with Crippen LogP contribution in [0.1, 0.15) is 40.4 Å². The normalized spacial score (nSPS) is 25.4. The average Bonchev–Trinajstić information content (AvgIpc) is 3.45. The van der Waals surface area contributed by atoms with Crippen molar-refractivity contribution >= 4 is 37.4 Å². The molecule has 46 heavy (non-hydrogen) atoms. The van der Waals surface area contributed by atoms with Crippen LogP contribution < -0.4 is 15.0 Å². The van der Waals surface area contributed by atoms with Gasteiger partial charge in [-0.2, -0.15) is 0 Å². The minimum Gasteiger partial charge on any atom is -0.497 e. The number of likely N-dealkylation sites (N-methyl/N-ethyl adjacent to an activating group) is 1. The summed E-state index contributed by atoms with van der Waals surface area (Å²) in [6.45, 7) is 5.75. The van der Waals surface area contributed by atoms with Crippen molar-refractivity contribution in [3.8, 4) is 5.75 Å². The zero-order valence-electron chi connectivity index (χ0n) is 26.8. The van der Waals surface area contributed by atoms with E-state index >= 15 is 0 Å². The molecule has 3 aromatic carbocycles. The molecule has 3 amide bonds. The molecule has 5 atom stereocenters. The van der Waals surface area contributed by atoms with Crippen molar-refractivity contribution in [1.29, 1.82) is 0 Å². The van der Waals surface area contributed by atoms with Crippen LogP contribution in [-0.2, 0) is 32.9 Å². The number of benzene rings is 3. The highest BCUT2D eigenvalue weighted by molar-refractivity contribution is 6.71. The Kier molecular flexibility index (Phi) is 8.30. The first kappa shape index (κ1) is 31.9. The second kappa shape index (κ2) is 12.0. The van der Waals surface area contributed by atoms with E-state index in [9.17, 15) is 24.3 Å². The summed E-state index contributed by atoms with van der Waals surface area (Å²) in [5.74, 6) is -0.602. The van der Waals surface area contributed by atoms with Crippen LogP contribution in [-0.4, -0.2) is 73.8 Å². The van der Waals surface area contributed by atoms with Crippen molar-refractivity contribution in [3.63, 3.8) is 0 Å². The van der Waals surface area contributed by atoms with Gasteiger partial charge >= 0.3 is 0 Å². The number of carbonyl (C=O) groups is 3. The van der Waals surface area contributed by atoms with E-state index in [0.29, 0.717) is 41.2 Å². The summed E-state index contributed by atoms with van der Waals surface area (Å²) in [7, 11) is 0.244. The standard InChI is InChI=1S/C35H41N3O7Si/c1-21-32(46(4,5)43)30(18-31(40)38-19-24-9-7-6-8-23(24)16-26(38)20-39)45-35(21)28-17-25(12-15-29(28)37(2)34(35)42)36-33(41)22-10-13-27(44-3)14-11-22/h6-15,17,21,26,30,32,39,43H,16,18-20H2,1-5H3,(H,36,41)/t21-,26+,30+,32-,35+/m1/s1. The summed E-state index contributed by atoms with van der Waals surface area (Å²) in [5.41, 5.74) is 2.45. The molecule has 0 saturated carbocycles. The Bertz CT molecular complexity index is 1670. The van der Waals surface area contributed by atoms with E-state index in [-0.39, 0.29) is 36.8 Å². The maximum atomic E-state index is 14.2. The Morgan fingerprint density at radius 3 is 2.43 bits per heavy atom. The smallest absolute Gasteiger partial charge is 0.264 e. The SMILES string of the molecule is COc1ccc(C(=O)Nc2ccc3c(c2)[C@]2(O[C@@H](CC(=O)N4Cc5ccccc5C[C@H]4CO)[C@H]([Si](C)(C)O)[C@H]2C)C(=O)N3C)cc1. The molecule has 3 heterocycles. The van der Waals surface area contributed by atoms with Gasteiger partial charge in [-0.25, -0.2) is 0 Å². The minimum absolute atomic E-state index is 0.0351. The van der Waals surface area contributed by atoms with E-state index < -0.39 is 31.5 Å². The van der Waals surface area contributed by atoms with Gasteiger partial charge in [-0.1, -0.05) is 31.2 Å². The third-order valence-corrected chi connectivity index (χ3v) is 12.5. The lowest BCUT2D eigenvalue weighted by molar-refractivity contribution is -0.150. The van der Waals surface area contributed by atoms with E-state index in [1.54, 1.807) is 66.4 Å². The predicted molar refractivity (Wildman–Crippen MR) is 176 cm³/mol. The highest BCUT2D eigenvalue weighted by Gasteiger charge is 2.66. The van der Waals surface area contributed by atoms with Gasteiger partial charge in [0.25, 0.3) is 11.8 Å². The second-order valence-corrected chi connectivity index (χ2v) is 17.1. The summed E-state index contributed by atoms with van der Waals surface area (Å²) >= 11 is 0. The second-order valence-electron chi connectivity index (χ2n) is 13.2. The van der Waals surface area contributed by atoms with Gasteiger partial charge < -0.3 is 34.5 Å². The summed E-state index contributed by atoms with van der Waals surface area (Å²) in [5, 5.41) is 13.1. The Hall–Kier alpha value is -4.03. The number of rotatable bonds is 7. The van der Waals surface area contributed by atoms with Crippen LogP contribution in [0.15, 0.2) is 66.7 Å². The number of fused-ring (bicyclic) bond motifs is 3. The van der Waals surface area contributed by atoms with Crippen molar-refractivity contribution < 1.29 is 33.8 Å². The molecule has 11 heteroatoms. The maximum absolute atomic E-state index is 14.2. The number of nitrogens with zero attached hydrogens (tertiary/aromatic N) is 2. The lowest BCUT2D eigenvalue weighted by Gasteiger charge is -2.37. The molecule has 0 bridgehead atoms. The molecule has 0 aliphatic carbocycles. The molecule has 0 unspecified atom stereocenters. The molecule has 3 aliphatic rings. The fourth-order valence-electron chi connectivity index (χ4n) is 7.74. The number of aliphatic hydroxyl groups is 1. The number of carbonyl (C=O) groups excluding carboxylic acids is 3. The van der Waals surface area contributed by atoms with Crippen LogP contribution in [0.4, 0.5) is 11.4 Å². The number of nitrogens with one attached hydrogen (secondary N) is 1. The summed E-state index contributed by atoms with van der Waals surface area (Å²) < 4.78 is 12.0. The highest BCUT2D eigenvalue weighted by Crippen LogP contribution is 2.59. The molecule has 10 nitrogen and oxygen atoms in total. The Morgan fingerprint density at radius 1 is 1.09 bits per heavy atom. The van der Waals surface area contributed by atoms with E-state index in [1.807, 2.05) is 44.3 Å². The third kappa shape index (κ3) is 5.30. The van der Waals surface area contributed by atoms with E-state index in [2.05, 4.69) is 5.32 Å². The third-order valence-electron chi connectivity index (χ3n) is 9.99. The summed E-state index contributed by atoms with van der Waals surface area (Å²) in [4.78, 5) is 56.1. The Balaban J connectivity index is 1.31. The number of ether oxygens (including phenoxy) is 2. The molecule has 1 saturated heterocycles. The number of aliphatic hydroxyl groups excluding tert-OH is 1. The van der Waals surface area contributed by atoms with Gasteiger partial charge in [-0.05, 0) is 73.1 Å². The predicted octanol–water partition coefficient (Wildman–Crippen LogP) is 4.06. The van der Waals surface area contributed by atoms with Crippen LogP contribution in [0.5, 0.6) is 5.75 Å². The van der Waals surface area contributed by atoms with Crippen LogP contribution in [0.2, 0.25) is 18.6 Å². The number of hydrogen-bond acceptors (Lipinski definition) is 7. The lowest BCUT2D eigenvalue weighted by atomic mass is 9.82. The molecule has 242 valence electrons. The minimum atomic E-state index is -3.00. The highest BCUT2D eigenvalue weighted by atomic mass is 28.4. The average molecular weight is 644 g/mol. The molecule has 1 spiro atoms. The maximum Gasteiger partial charge on any atom is 0.264 e. The van der Waals surface area contributed by atoms with E-state index in [1.165, 1.54) is 0 Å². The monoisotopic (exact) mass is 643 g/mol. The molecule has 0 radical (unpaired) electrons. The van der Waals surface area contributed by atoms with Gasteiger partial charge in [0.05, 0.1) is 38.0 Å². The van der Waals surface area contributed by atoms with Gasteiger partial charge in [0, 0.05) is 41.9 Å². The van der Waals surface area contributed by atoms with Gasteiger partial charge in [-0.15, -0.1) is 0 Å². The molecule has 3 N–H and O–H groups in total. The fraction of sp³-hybridized carbons (Fsp3) is 0.400. The first-order chi connectivity index (χ1) is 21.9. The van der Waals surface area contributed by atoms with Crippen LogP contribution in [0.3, 0.4) is 0 Å². The Labute approximate surface area is 270 Å². The number of methoxy groups -OCH3 is 1. The number of anilines is 2. The van der Waals surface area contributed by atoms with Gasteiger partial charge in [-0.3, -0.25) is 14.4 Å². The topological polar surface area (TPSA) is 129 Å². The van der Waals surface area contributed by atoms with Crippen LogP contribution >= 0.6 is 0 Å². The van der Waals surface area contributed by atoms with Crippen molar-refractivity contribution in [3.05, 3.63) is 89.0 Å². The molecule has 6 rings (SSSR count). The lowest BCUT2D eigenvalue weighted by Crippen LogP contribution is -2.48.